The van der Waals surface area contributed by atoms with Gasteiger partial charge in [0.25, 0.3) is 0 Å². The first-order valence-corrected chi connectivity index (χ1v) is 14.7. The summed E-state index contributed by atoms with van der Waals surface area (Å²) in [5, 5.41) is 3.51. The summed E-state index contributed by atoms with van der Waals surface area (Å²) in [6, 6.07) is 14.0. The lowest BCUT2D eigenvalue weighted by Gasteiger charge is -2.33. The number of sulfonamides is 1. The fraction of sp³-hybridized carbons (Fsp3) is 0.481. The first-order chi connectivity index (χ1) is 17.1. The molecule has 0 aromatic heterocycles. The molecule has 0 radical (unpaired) electrons. The number of nitrogens with one attached hydrogen (secondary N) is 1. The molecule has 1 aliphatic rings. The smallest absolute Gasteiger partial charge is 0.244 e. The summed E-state index contributed by atoms with van der Waals surface area (Å²) >= 11 is 6.24. The van der Waals surface area contributed by atoms with Crippen LogP contribution in [-0.4, -0.2) is 56.6 Å². The van der Waals surface area contributed by atoms with E-state index in [4.69, 9.17) is 11.6 Å². The molecule has 0 spiro atoms. The topological polar surface area (TPSA) is 86.8 Å². The Balaban J connectivity index is 1.82. The standard InChI is InChI=1S/C27H36ClN3O4S/c1-20-14-15-24(18-25(20)28)31(36(3,34)35)19-26(32)30(17-16-22-10-6-4-7-11-22)21(2)27(33)29-23-12-8-5-9-13-23/h4,6-7,10-11,14-15,18,21,23H,5,8-9,12-13,16-17,19H2,1-3H3,(H,29,33)/t21-/m1/s1. The fourth-order valence-electron chi connectivity index (χ4n) is 4.49. The Kier molecular flexibility index (Phi) is 9.79. The SMILES string of the molecule is Cc1ccc(N(CC(=O)N(CCc2ccccc2)[C@H](C)C(=O)NC2CCCCC2)S(C)(=O)=O)cc1Cl. The van der Waals surface area contributed by atoms with Gasteiger partial charge in [-0.1, -0.05) is 67.3 Å². The van der Waals surface area contributed by atoms with Gasteiger partial charge in [-0.15, -0.1) is 0 Å². The van der Waals surface area contributed by atoms with Crippen LogP contribution in [0.15, 0.2) is 48.5 Å². The Hall–Kier alpha value is -2.58. The van der Waals surface area contributed by atoms with Crippen LogP contribution in [0.25, 0.3) is 0 Å². The Morgan fingerprint density at radius 1 is 1.08 bits per heavy atom. The molecule has 2 amide bonds. The number of hydrogen-bond acceptors (Lipinski definition) is 4. The summed E-state index contributed by atoms with van der Waals surface area (Å²) in [5.41, 5.74) is 2.14. The summed E-state index contributed by atoms with van der Waals surface area (Å²) < 4.78 is 26.4. The predicted molar refractivity (Wildman–Crippen MR) is 145 cm³/mol. The van der Waals surface area contributed by atoms with Crippen molar-refractivity contribution >= 4 is 39.1 Å². The number of nitrogens with zero attached hydrogens (tertiary/aromatic N) is 2. The number of hydrogen-bond donors (Lipinski definition) is 1. The van der Waals surface area contributed by atoms with Gasteiger partial charge in [0.2, 0.25) is 21.8 Å². The minimum absolute atomic E-state index is 0.113. The largest absolute Gasteiger partial charge is 0.352 e. The minimum Gasteiger partial charge on any atom is -0.352 e. The highest BCUT2D eigenvalue weighted by atomic mass is 35.5. The number of amides is 2. The van der Waals surface area contributed by atoms with Crippen LogP contribution in [0.3, 0.4) is 0 Å². The number of rotatable bonds is 10. The lowest BCUT2D eigenvalue weighted by atomic mass is 9.95. The van der Waals surface area contributed by atoms with E-state index in [1.54, 1.807) is 25.1 Å². The van der Waals surface area contributed by atoms with E-state index in [1.165, 1.54) is 11.3 Å². The highest BCUT2D eigenvalue weighted by molar-refractivity contribution is 7.92. The summed E-state index contributed by atoms with van der Waals surface area (Å²) in [6.45, 7) is 3.39. The van der Waals surface area contributed by atoms with Crippen molar-refractivity contribution in [2.45, 2.75) is 64.5 Å². The number of benzene rings is 2. The van der Waals surface area contributed by atoms with Gasteiger partial charge in [0, 0.05) is 17.6 Å². The van der Waals surface area contributed by atoms with E-state index in [2.05, 4.69) is 5.32 Å². The zero-order chi connectivity index (χ0) is 26.3. The van der Waals surface area contributed by atoms with E-state index in [1.807, 2.05) is 37.3 Å². The van der Waals surface area contributed by atoms with Crippen molar-refractivity contribution in [2.24, 2.45) is 0 Å². The third-order valence-corrected chi connectivity index (χ3v) is 8.27. The average molecular weight is 534 g/mol. The molecule has 0 aliphatic heterocycles. The van der Waals surface area contributed by atoms with Crippen molar-refractivity contribution < 1.29 is 18.0 Å². The van der Waals surface area contributed by atoms with Gasteiger partial charge in [-0.2, -0.15) is 0 Å². The van der Waals surface area contributed by atoms with Crippen LogP contribution in [0, 0.1) is 6.92 Å². The normalized spacial score (nSPS) is 15.2. The van der Waals surface area contributed by atoms with Crippen LogP contribution in [0.5, 0.6) is 0 Å². The summed E-state index contributed by atoms with van der Waals surface area (Å²) in [7, 11) is -3.79. The molecular weight excluding hydrogens is 498 g/mol. The molecule has 9 heteroatoms. The lowest BCUT2D eigenvalue weighted by molar-refractivity contribution is -0.139. The molecule has 0 bridgehead atoms. The molecular formula is C27H36ClN3O4S. The molecule has 1 fully saturated rings. The maximum absolute atomic E-state index is 13.6. The van der Waals surface area contributed by atoms with Crippen molar-refractivity contribution in [3.8, 4) is 0 Å². The molecule has 36 heavy (non-hydrogen) atoms. The molecule has 0 heterocycles. The highest BCUT2D eigenvalue weighted by Gasteiger charge is 2.31. The molecule has 0 unspecified atom stereocenters. The lowest BCUT2D eigenvalue weighted by Crippen LogP contribution is -2.53. The zero-order valence-corrected chi connectivity index (χ0v) is 22.8. The van der Waals surface area contributed by atoms with E-state index in [0.29, 0.717) is 17.1 Å². The van der Waals surface area contributed by atoms with Gasteiger partial charge in [0.1, 0.15) is 12.6 Å². The molecule has 1 N–H and O–H groups in total. The van der Waals surface area contributed by atoms with Crippen LogP contribution in [-0.2, 0) is 26.0 Å². The Morgan fingerprint density at radius 2 is 1.75 bits per heavy atom. The third kappa shape index (κ3) is 7.71. The van der Waals surface area contributed by atoms with Crippen LogP contribution < -0.4 is 9.62 Å². The van der Waals surface area contributed by atoms with E-state index in [0.717, 1.165) is 47.4 Å². The number of anilines is 1. The summed E-state index contributed by atoms with van der Waals surface area (Å²) in [4.78, 5) is 28.2. The third-order valence-electron chi connectivity index (χ3n) is 6.73. The molecule has 2 aromatic carbocycles. The van der Waals surface area contributed by atoms with Gasteiger partial charge in [-0.3, -0.25) is 13.9 Å². The van der Waals surface area contributed by atoms with Crippen LogP contribution in [0.2, 0.25) is 5.02 Å². The number of carbonyl (C=O) groups excluding carboxylic acids is 2. The fourth-order valence-corrected chi connectivity index (χ4v) is 5.51. The Morgan fingerprint density at radius 3 is 2.36 bits per heavy atom. The van der Waals surface area contributed by atoms with Gasteiger partial charge < -0.3 is 10.2 Å². The van der Waals surface area contributed by atoms with Crippen molar-refractivity contribution in [2.75, 3.05) is 23.7 Å². The summed E-state index contributed by atoms with van der Waals surface area (Å²) in [6.07, 6.45) is 6.81. The highest BCUT2D eigenvalue weighted by Crippen LogP contribution is 2.25. The van der Waals surface area contributed by atoms with Crippen LogP contribution in [0.1, 0.15) is 50.2 Å². The molecule has 196 valence electrons. The molecule has 0 saturated heterocycles. The second-order valence-electron chi connectivity index (χ2n) is 9.55. The monoisotopic (exact) mass is 533 g/mol. The Bertz CT molecular complexity index is 1150. The molecule has 1 aliphatic carbocycles. The number of carbonyl (C=O) groups is 2. The molecule has 1 saturated carbocycles. The van der Waals surface area contributed by atoms with E-state index in [-0.39, 0.29) is 18.5 Å². The van der Waals surface area contributed by atoms with Crippen molar-refractivity contribution in [3.63, 3.8) is 0 Å². The molecule has 1 atom stereocenters. The van der Waals surface area contributed by atoms with Gasteiger partial charge in [0.05, 0.1) is 11.9 Å². The Labute approximate surface area is 219 Å². The molecule has 7 nitrogen and oxygen atoms in total. The first kappa shape index (κ1) is 28.0. The maximum atomic E-state index is 13.6. The average Bonchev–Trinajstić information content (AvgIpc) is 2.85. The number of halogens is 1. The van der Waals surface area contributed by atoms with Gasteiger partial charge in [-0.05, 0) is 56.4 Å². The minimum atomic E-state index is -3.79. The van der Waals surface area contributed by atoms with Gasteiger partial charge in [-0.25, -0.2) is 8.42 Å². The van der Waals surface area contributed by atoms with Crippen molar-refractivity contribution in [1.29, 1.82) is 0 Å². The van der Waals surface area contributed by atoms with E-state index in [9.17, 15) is 18.0 Å². The van der Waals surface area contributed by atoms with Crippen molar-refractivity contribution in [3.05, 3.63) is 64.7 Å². The van der Waals surface area contributed by atoms with Gasteiger partial charge >= 0.3 is 0 Å². The van der Waals surface area contributed by atoms with Crippen LogP contribution >= 0.6 is 11.6 Å². The zero-order valence-electron chi connectivity index (χ0n) is 21.2. The quantitative estimate of drug-likeness (QED) is 0.492. The predicted octanol–water partition coefficient (Wildman–Crippen LogP) is 4.32. The molecule has 3 rings (SSSR count). The van der Waals surface area contributed by atoms with E-state index < -0.39 is 28.5 Å². The van der Waals surface area contributed by atoms with Crippen LogP contribution in [0.4, 0.5) is 5.69 Å². The van der Waals surface area contributed by atoms with Gasteiger partial charge in [0.15, 0.2) is 0 Å². The maximum Gasteiger partial charge on any atom is 0.244 e. The van der Waals surface area contributed by atoms with Crippen molar-refractivity contribution in [1.82, 2.24) is 10.2 Å². The molecule has 2 aromatic rings. The second kappa shape index (κ2) is 12.6. The van der Waals surface area contributed by atoms with E-state index >= 15 is 0 Å². The second-order valence-corrected chi connectivity index (χ2v) is 11.9. The number of aryl methyl sites for hydroxylation is 1. The first-order valence-electron chi connectivity index (χ1n) is 12.4. The summed E-state index contributed by atoms with van der Waals surface area (Å²) in [5.74, 6) is -0.660.